The van der Waals surface area contributed by atoms with Gasteiger partial charge in [-0.05, 0) is 37.5 Å². The van der Waals surface area contributed by atoms with Crippen LogP contribution in [0.25, 0.3) is 0 Å². The minimum absolute atomic E-state index is 0.0511. The number of hydrogen-bond donors (Lipinski definition) is 1. The SMILES string of the molecule is CC1CCCN1c1ccc(CO)cc1Cl. The number of benzene rings is 1. The van der Waals surface area contributed by atoms with Crippen LogP contribution in [-0.4, -0.2) is 17.7 Å². The van der Waals surface area contributed by atoms with Gasteiger partial charge in [0.15, 0.2) is 0 Å². The highest BCUT2D eigenvalue weighted by atomic mass is 35.5. The van der Waals surface area contributed by atoms with E-state index in [1.54, 1.807) is 0 Å². The lowest BCUT2D eigenvalue weighted by atomic mass is 10.2. The average molecular weight is 226 g/mol. The second-order valence-electron chi connectivity index (χ2n) is 4.13. The molecule has 2 rings (SSSR count). The molecule has 0 spiro atoms. The van der Waals surface area contributed by atoms with Gasteiger partial charge < -0.3 is 10.0 Å². The minimum Gasteiger partial charge on any atom is -0.392 e. The maximum atomic E-state index is 9.00. The van der Waals surface area contributed by atoms with Crippen molar-refractivity contribution in [1.29, 1.82) is 0 Å². The van der Waals surface area contributed by atoms with Crippen LogP contribution in [0.1, 0.15) is 25.3 Å². The summed E-state index contributed by atoms with van der Waals surface area (Å²) in [4.78, 5) is 2.34. The first kappa shape index (κ1) is 10.8. The average Bonchev–Trinajstić information content (AvgIpc) is 2.64. The van der Waals surface area contributed by atoms with Crippen LogP contribution in [0.3, 0.4) is 0 Å². The van der Waals surface area contributed by atoms with E-state index in [9.17, 15) is 0 Å². The molecule has 2 nitrogen and oxygen atoms in total. The third kappa shape index (κ3) is 2.11. The number of aliphatic hydroxyl groups is 1. The lowest BCUT2D eigenvalue weighted by Gasteiger charge is -2.25. The molecule has 1 fully saturated rings. The molecule has 82 valence electrons. The zero-order chi connectivity index (χ0) is 10.8. The van der Waals surface area contributed by atoms with E-state index in [2.05, 4.69) is 11.8 Å². The van der Waals surface area contributed by atoms with Crippen molar-refractivity contribution in [1.82, 2.24) is 0 Å². The first-order valence-corrected chi connectivity index (χ1v) is 5.76. The van der Waals surface area contributed by atoms with E-state index >= 15 is 0 Å². The van der Waals surface area contributed by atoms with Crippen LogP contribution in [0, 0.1) is 0 Å². The fourth-order valence-electron chi connectivity index (χ4n) is 2.17. The predicted octanol–water partition coefficient (Wildman–Crippen LogP) is 2.82. The van der Waals surface area contributed by atoms with Gasteiger partial charge in [0.25, 0.3) is 0 Å². The molecule has 1 aliphatic heterocycles. The Morgan fingerprint density at radius 1 is 1.53 bits per heavy atom. The lowest BCUT2D eigenvalue weighted by molar-refractivity contribution is 0.282. The highest BCUT2D eigenvalue weighted by molar-refractivity contribution is 6.33. The molecule has 0 radical (unpaired) electrons. The van der Waals surface area contributed by atoms with Gasteiger partial charge in [0, 0.05) is 12.6 Å². The third-order valence-corrected chi connectivity index (χ3v) is 3.36. The van der Waals surface area contributed by atoms with Crippen molar-refractivity contribution in [2.45, 2.75) is 32.4 Å². The zero-order valence-electron chi connectivity index (χ0n) is 8.91. The van der Waals surface area contributed by atoms with E-state index in [0.717, 1.165) is 22.8 Å². The smallest absolute Gasteiger partial charge is 0.0682 e. The highest BCUT2D eigenvalue weighted by Crippen LogP contribution is 2.32. The molecular weight excluding hydrogens is 210 g/mol. The van der Waals surface area contributed by atoms with Crippen molar-refractivity contribution in [3.8, 4) is 0 Å². The Labute approximate surface area is 95.5 Å². The summed E-state index contributed by atoms with van der Waals surface area (Å²) >= 11 is 6.20. The Morgan fingerprint density at radius 3 is 2.87 bits per heavy atom. The standard InChI is InChI=1S/C12H16ClNO/c1-9-3-2-6-14(9)12-5-4-10(8-15)7-11(12)13/h4-5,7,9,15H,2-3,6,8H2,1H3. The molecule has 1 aromatic rings. The van der Waals surface area contributed by atoms with Crippen molar-refractivity contribution in [3.63, 3.8) is 0 Å². The third-order valence-electron chi connectivity index (χ3n) is 3.06. The molecule has 1 aliphatic rings. The summed E-state index contributed by atoms with van der Waals surface area (Å²) in [5.74, 6) is 0. The molecule has 1 aromatic carbocycles. The number of rotatable bonds is 2. The van der Waals surface area contributed by atoms with Gasteiger partial charge in [0.05, 0.1) is 17.3 Å². The van der Waals surface area contributed by atoms with Crippen LogP contribution < -0.4 is 4.90 Å². The Morgan fingerprint density at radius 2 is 2.33 bits per heavy atom. The van der Waals surface area contributed by atoms with Crippen LogP contribution in [0.4, 0.5) is 5.69 Å². The van der Waals surface area contributed by atoms with E-state index in [1.807, 2.05) is 18.2 Å². The van der Waals surface area contributed by atoms with Crippen molar-refractivity contribution in [2.24, 2.45) is 0 Å². The molecule has 1 N–H and O–H groups in total. The molecule has 1 atom stereocenters. The van der Waals surface area contributed by atoms with Crippen LogP contribution in [0.15, 0.2) is 18.2 Å². The highest BCUT2D eigenvalue weighted by Gasteiger charge is 2.22. The number of halogens is 1. The van der Waals surface area contributed by atoms with E-state index in [-0.39, 0.29) is 6.61 Å². The van der Waals surface area contributed by atoms with Crippen molar-refractivity contribution < 1.29 is 5.11 Å². The van der Waals surface area contributed by atoms with Gasteiger partial charge >= 0.3 is 0 Å². The van der Waals surface area contributed by atoms with Gasteiger partial charge in [0.1, 0.15) is 0 Å². The summed E-state index contributed by atoms with van der Waals surface area (Å²) in [6, 6.07) is 6.37. The number of nitrogens with zero attached hydrogens (tertiary/aromatic N) is 1. The number of anilines is 1. The topological polar surface area (TPSA) is 23.5 Å². The van der Waals surface area contributed by atoms with Crippen LogP contribution in [0.5, 0.6) is 0 Å². The Bertz CT molecular complexity index is 353. The fourth-order valence-corrected chi connectivity index (χ4v) is 2.48. The molecule has 1 saturated heterocycles. The summed E-state index contributed by atoms with van der Waals surface area (Å²) in [6.45, 7) is 3.36. The summed E-state index contributed by atoms with van der Waals surface area (Å²) in [7, 11) is 0. The van der Waals surface area contributed by atoms with Gasteiger partial charge in [0.2, 0.25) is 0 Å². The molecule has 1 heterocycles. The van der Waals surface area contributed by atoms with Gasteiger partial charge in [-0.25, -0.2) is 0 Å². The molecule has 0 bridgehead atoms. The van der Waals surface area contributed by atoms with Gasteiger partial charge in [-0.3, -0.25) is 0 Å². The second-order valence-corrected chi connectivity index (χ2v) is 4.54. The molecule has 15 heavy (non-hydrogen) atoms. The first-order valence-electron chi connectivity index (χ1n) is 5.38. The summed E-state index contributed by atoms with van der Waals surface area (Å²) < 4.78 is 0. The molecule has 0 aromatic heterocycles. The Balaban J connectivity index is 2.28. The monoisotopic (exact) mass is 225 g/mol. The quantitative estimate of drug-likeness (QED) is 0.837. The summed E-state index contributed by atoms with van der Waals surface area (Å²) in [5.41, 5.74) is 1.97. The predicted molar refractivity (Wildman–Crippen MR) is 63.4 cm³/mol. The zero-order valence-corrected chi connectivity index (χ0v) is 9.67. The Hall–Kier alpha value is -0.730. The summed E-state index contributed by atoms with van der Waals surface area (Å²) in [6.07, 6.45) is 2.47. The molecule has 3 heteroatoms. The second kappa shape index (κ2) is 4.42. The molecule has 0 saturated carbocycles. The van der Waals surface area contributed by atoms with Gasteiger partial charge in [-0.2, -0.15) is 0 Å². The minimum atomic E-state index is 0.0511. The molecular formula is C12H16ClNO. The fraction of sp³-hybridized carbons (Fsp3) is 0.500. The van der Waals surface area contributed by atoms with Gasteiger partial charge in [-0.15, -0.1) is 0 Å². The van der Waals surface area contributed by atoms with E-state index in [1.165, 1.54) is 12.8 Å². The number of aliphatic hydroxyl groups excluding tert-OH is 1. The van der Waals surface area contributed by atoms with E-state index in [0.29, 0.717) is 6.04 Å². The van der Waals surface area contributed by atoms with Crippen molar-refractivity contribution in [3.05, 3.63) is 28.8 Å². The maximum Gasteiger partial charge on any atom is 0.0682 e. The Kier molecular flexibility index (Phi) is 3.17. The van der Waals surface area contributed by atoms with E-state index in [4.69, 9.17) is 16.7 Å². The van der Waals surface area contributed by atoms with Crippen LogP contribution in [-0.2, 0) is 6.61 Å². The lowest BCUT2D eigenvalue weighted by Crippen LogP contribution is -2.26. The van der Waals surface area contributed by atoms with Crippen molar-refractivity contribution in [2.75, 3.05) is 11.4 Å². The first-order chi connectivity index (χ1) is 7.22. The van der Waals surface area contributed by atoms with E-state index < -0.39 is 0 Å². The maximum absolute atomic E-state index is 9.00. The van der Waals surface area contributed by atoms with Crippen LogP contribution >= 0.6 is 11.6 Å². The largest absolute Gasteiger partial charge is 0.392 e. The number of hydrogen-bond acceptors (Lipinski definition) is 2. The van der Waals surface area contributed by atoms with Crippen molar-refractivity contribution >= 4 is 17.3 Å². The molecule has 1 unspecified atom stereocenters. The molecule has 0 amide bonds. The molecule has 0 aliphatic carbocycles. The van der Waals surface area contributed by atoms with Crippen LogP contribution in [0.2, 0.25) is 5.02 Å². The van der Waals surface area contributed by atoms with Gasteiger partial charge in [-0.1, -0.05) is 17.7 Å². The normalized spacial score (nSPS) is 21.0. The summed E-state index contributed by atoms with van der Waals surface area (Å²) in [5, 5.41) is 9.74.